The molecule has 5 heterocycles. The molecule has 4 N–H and O–H groups in total. The Morgan fingerprint density at radius 3 is 2.71 bits per heavy atom. The number of carbonyl (C=O) groups is 1. The molecule has 0 unspecified atom stereocenters. The summed E-state index contributed by atoms with van der Waals surface area (Å²) in [7, 11) is 0. The number of aromatic nitrogens is 5. The van der Waals surface area contributed by atoms with Crippen molar-refractivity contribution in [1.29, 1.82) is 0 Å². The summed E-state index contributed by atoms with van der Waals surface area (Å²) >= 11 is 0. The molecule has 0 saturated carbocycles. The number of halogens is 1. The number of hydrogen-bond acceptors (Lipinski definition) is 9. The summed E-state index contributed by atoms with van der Waals surface area (Å²) < 4.78 is 28.9. The monoisotopic (exact) mass is 519 g/mol. The van der Waals surface area contributed by atoms with Gasteiger partial charge in [-0.15, -0.1) is 0 Å². The third kappa shape index (κ3) is 4.47. The van der Waals surface area contributed by atoms with Gasteiger partial charge in [-0.3, -0.25) is 9.69 Å². The SMILES string of the molecule is NC(=O)COc1ccc(N2CCN(CCn3cnc4c3nc(N)n3nc(-c5ccco5)cc43)CC2)c(F)c1. The van der Waals surface area contributed by atoms with Crippen LogP contribution in [-0.4, -0.2) is 74.3 Å². The van der Waals surface area contributed by atoms with E-state index in [0.29, 0.717) is 47.9 Å². The Hall–Kier alpha value is -4.65. The first-order valence-corrected chi connectivity index (χ1v) is 12.2. The van der Waals surface area contributed by atoms with Gasteiger partial charge in [0, 0.05) is 45.3 Å². The van der Waals surface area contributed by atoms with Gasteiger partial charge in [0.25, 0.3) is 5.91 Å². The maximum atomic E-state index is 14.7. The van der Waals surface area contributed by atoms with Crippen LogP contribution in [0.25, 0.3) is 28.1 Å². The summed E-state index contributed by atoms with van der Waals surface area (Å²) in [5, 5.41) is 4.51. The molecule has 1 aromatic carbocycles. The molecule has 1 amide bonds. The Labute approximate surface area is 216 Å². The van der Waals surface area contributed by atoms with E-state index >= 15 is 0 Å². The standard InChI is InChI=1S/C25H26FN9O3/c26-17-12-16(38-14-22(27)36)3-4-19(17)33-8-5-32(6-9-33)7-10-34-15-29-23-20-13-18(21-2-1-11-37-21)31-35(20)25(28)30-24(23)34/h1-4,11-13,15H,5-10,14H2,(H2,27,36)(H2,28,30). The van der Waals surface area contributed by atoms with Crippen molar-refractivity contribution in [1.82, 2.24) is 29.0 Å². The van der Waals surface area contributed by atoms with Gasteiger partial charge in [-0.05, 0) is 30.3 Å². The van der Waals surface area contributed by atoms with Crippen molar-refractivity contribution < 1.29 is 18.3 Å². The average Bonchev–Trinajstić information content (AvgIpc) is 3.66. The largest absolute Gasteiger partial charge is 0.484 e. The third-order valence-electron chi connectivity index (χ3n) is 6.64. The van der Waals surface area contributed by atoms with Crippen LogP contribution in [0.5, 0.6) is 5.75 Å². The minimum atomic E-state index is -0.608. The number of anilines is 2. The number of imidazole rings is 1. The second-order valence-electron chi connectivity index (χ2n) is 9.08. The smallest absolute Gasteiger partial charge is 0.255 e. The number of nitrogens with two attached hydrogens (primary N) is 2. The van der Waals surface area contributed by atoms with E-state index in [2.05, 4.69) is 20.0 Å². The van der Waals surface area contributed by atoms with Crippen LogP contribution >= 0.6 is 0 Å². The Morgan fingerprint density at radius 1 is 1.13 bits per heavy atom. The second kappa shape index (κ2) is 9.67. The second-order valence-corrected chi connectivity index (χ2v) is 9.08. The summed E-state index contributed by atoms with van der Waals surface area (Å²) in [4.78, 5) is 24.3. The fourth-order valence-electron chi connectivity index (χ4n) is 4.71. The zero-order valence-corrected chi connectivity index (χ0v) is 20.5. The summed E-state index contributed by atoms with van der Waals surface area (Å²) in [6.45, 7) is 4.09. The number of nitrogens with zero attached hydrogens (tertiary/aromatic N) is 7. The first-order valence-electron chi connectivity index (χ1n) is 12.2. The van der Waals surface area contributed by atoms with E-state index in [0.717, 1.165) is 25.2 Å². The van der Waals surface area contributed by atoms with Crippen LogP contribution in [0.3, 0.4) is 0 Å². The number of hydrogen-bond donors (Lipinski definition) is 2. The van der Waals surface area contributed by atoms with Crippen molar-refractivity contribution in [3.63, 3.8) is 0 Å². The predicted octanol–water partition coefficient (Wildman–Crippen LogP) is 1.75. The molecule has 6 rings (SSSR count). The molecule has 0 radical (unpaired) electrons. The molecule has 0 aliphatic carbocycles. The molecule has 4 aromatic heterocycles. The molecule has 0 spiro atoms. The number of carbonyl (C=O) groups excluding carboxylic acids is 1. The van der Waals surface area contributed by atoms with Gasteiger partial charge in [0.05, 0.1) is 18.3 Å². The zero-order chi connectivity index (χ0) is 26.2. The minimum absolute atomic E-state index is 0.272. The van der Waals surface area contributed by atoms with Crippen LogP contribution < -0.4 is 21.1 Å². The van der Waals surface area contributed by atoms with Crippen LogP contribution in [0.15, 0.2) is 53.4 Å². The Kier molecular flexibility index (Phi) is 6.04. The highest BCUT2D eigenvalue weighted by Gasteiger charge is 2.21. The Balaban J connectivity index is 1.10. The number of furan rings is 1. The molecule has 0 atom stereocenters. The third-order valence-corrected chi connectivity index (χ3v) is 6.64. The molecule has 1 saturated heterocycles. The first kappa shape index (κ1) is 23.7. The number of amides is 1. The van der Waals surface area contributed by atoms with Crippen molar-refractivity contribution in [3.8, 4) is 17.2 Å². The van der Waals surface area contributed by atoms with Crippen molar-refractivity contribution >= 4 is 34.2 Å². The minimum Gasteiger partial charge on any atom is -0.484 e. The lowest BCUT2D eigenvalue weighted by molar-refractivity contribution is -0.119. The number of ether oxygens (including phenoxy) is 1. The van der Waals surface area contributed by atoms with E-state index in [-0.39, 0.29) is 18.3 Å². The summed E-state index contributed by atoms with van der Waals surface area (Å²) in [6.07, 6.45) is 3.37. The van der Waals surface area contributed by atoms with E-state index in [4.69, 9.17) is 20.6 Å². The van der Waals surface area contributed by atoms with E-state index in [1.165, 1.54) is 6.07 Å². The molecule has 1 aliphatic rings. The summed E-state index contributed by atoms with van der Waals surface area (Å²) in [5.74, 6) is 0.190. The predicted molar refractivity (Wildman–Crippen MR) is 138 cm³/mol. The van der Waals surface area contributed by atoms with Crippen LogP contribution in [0, 0.1) is 5.82 Å². The van der Waals surface area contributed by atoms with Gasteiger partial charge in [-0.25, -0.2) is 9.37 Å². The lowest BCUT2D eigenvalue weighted by Gasteiger charge is -2.36. The normalized spacial score (nSPS) is 14.5. The van der Waals surface area contributed by atoms with E-state index in [9.17, 15) is 9.18 Å². The molecular weight excluding hydrogens is 493 g/mol. The van der Waals surface area contributed by atoms with E-state index in [1.54, 1.807) is 35.3 Å². The van der Waals surface area contributed by atoms with Crippen molar-refractivity contribution in [2.24, 2.45) is 5.73 Å². The number of primary amides is 1. The molecule has 1 fully saturated rings. The number of nitrogen functional groups attached to an aromatic ring is 1. The van der Waals surface area contributed by atoms with Gasteiger partial charge in [0.1, 0.15) is 28.3 Å². The summed E-state index contributed by atoms with van der Waals surface area (Å²) in [6, 6.07) is 10.1. The van der Waals surface area contributed by atoms with Gasteiger partial charge < -0.3 is 30.1 Å². The van der Waals surface area contributed by atoms with E-state index in [1.807, 2.05) is 21.6 Å². The molecule has 196 valence electrons. The number of piperazine rings is 1. The van der Waals surface area contributed by atoms with Crippen molar-refractivity contribution in [3.05, 3.63) is 54.8 Å². The number of rotatable bonds is 8. The molecule has 38 heavy (non-hydrogen) atoms. The number of fused-ring (bicyclic) bond motifs is 3. The highest BCUT2D eigenvalue weighted by molar-refractivity contribution is 5.90. The molecule has 0 bridgehead atoms. The van der Waals surface area contributed by atoms with Crippen molar-refractivity contribution in [2.45, 2.75) is 6.54 Å². The quantitative estimate of drug-likeness (QED) is 0.313. The van der Waals surface area contributed by atoms with Gasteiger partial charge in [-0.2, -0.15) is 14.6 Å². The zero-order valence-electron chi connectivity index (χ0n) is 20.5. The fraction of sp³-hybridized carbons (Fsp3) is 0.280. The lowest BCUT2D eigenvalue weighted by atomic mass is 10.2. The average molecular weight is 520 g/mol. The maximum Gasteiger partial charge on any atom is 0.255 e. The highest BCUT2D eigenvalue weighted by Crippen LogP contribution is 2.27. The molecule has 5 aromatic rings. The van der Waals surface area contributed by atoms with Gasteiger partial charge in [-0.1, -0.05) is 0 Å². The Morgan fingerprint density at radius 2 is 1.97 bits per heavy atom. The molecule has 13 heteroatoms. The van der Waals surface area contributed by atoms with Crippen LogP contribution in [-0.2, 0) is 11.3 Å². The number of benzene rings is 1. The fourth-order valence-corrected chi connectivity index (χ4v) is 4.71. The van der Waals surface area contributed by atoms with Gasteiger partial charge in [0.2, 0.25) is 5.95 Å². The highest BCUT2D eigenvalue weighted by atomic mass is 19.1. The van der Waals surface area contributed by atoms with Gasteiger partial charge in [0.15, 0.2) is 18.0 Å². The first-order chi connectivity index (χ1) is 18.5. The molecule has 12 nitrogen and oxygen atoms in total. The molecular formula is C25H26FN9O3. The molecule has 1 aliphatic heterocycles. The van der Waals surface area contributed by atoms with Crippen LogP contribution in [0.4, 0.5) is 16.0 Å². The van der Waals surface area contributed by atoms with Crippen molar-refractivity contribution in [2.75, 3.05) is 50.0 Å². The van der Waals surface area contributed by atoms with Crippen LogP contribution in [0.1, 0.15) is 0 Å². The topological polar surface area (TPSA) is 146 Å². The van der Waals surface area contributed by atoms with E-state index < -0.39 is 11.7 Å². The van der Waals surface area contributed by atoms with Crippen LogP contribution in [0.2, 0.25) is 0 Å². The Bertz CT molecular complexity index is 1600. The lowest BCUT2D eigenvalue weighted by Crippen LogP contribution is -2.47. The van der Waals surface area contributed by atoms with Gasteiger partial charge >= 0.3 is 0 Å². The summed E-state index contributed by atoms with van der Waals surface area (Å²) in [5.41, 5.74) is 14.6. The maximum absolute atomic E-state index is 14.7.